The van der Waals surface area contributed by atoms with Crippen molar-refractivity contribution in [3.8, 4) is 0 Å². The minimum atomic E-state index is -4.91. The molecule has 2 rings (SSSR count). The number of ether oxygens (including phenoxy) is 1. The fourth-order valence-electron chi connectivity index (χ4n) is 1.90. The summed E-state index contributed by atoms with van der Waals surface area (Å²) in [5.74, 6) is -3.15. The molecule has 0 unspecified atom stereocenters. The van der Waals surface area contributed by atoms with Crippen LogP contribution in [0.25, 0.3) is 0 Å². The van der Waals surface area contributed by atoms with Gasteiger partial charge in [0.25, 0.3) is 0 Å². The number of methoxy groups -OCH3 is 1. The molecule has 0 saturated carbocycles. The maximum absolute atomic E-state index is 12.9. The Balaban J connectivity index is 2.82. The number of benzene rings is 1. The summed E-state index contributed by atoms with van der Waals surface area (Å²) in [6.45, 7) is 0. The largest absolute Gasteiger partial charge is 0.465 e. The third-order valence-electron chi connectivity index (χ3n) is 2.79. The van der Waals surface area contributed by atoms with E-state index in [-0.39, 0.29) is 0 Å². The summed E-state index contributed by atoms with van der Waals surface area (Å²) >= 11 is 0. The Morgan fingerprint density at radius 2 is 1.90 bits per heavy atom. The fourth-order valence-corrected chi connectivity index (χ4v) is 3.36. The Morgan fingerprint density at radius 3 is 2.40 bits per heavy atom. The van der Waals surface area contributed by atoms with Crippen molar-refractivity contribution >= 4 is 21.6 Å². The van der Waals surface area contributed by atoms with Gasteiger partial charge in [-0.05, 0) is 12.1 Å². The number of carbonyl (C=O) groups is 2. The lowest BCUT2D eigenvalue weighted by atomic mass is 10.0. The molecule has 0 spiro atoms. The predicted molar refractivity (Wildman–Crippen MR) is 59.2 cm³/mol. The van der Waals surface area contributed by atoms with Gasteiger partial charge in [0.2, 0.25) is 0 Å². The second-order valence-corrected chi connectivity index (χ2v) is 6.02. The van der Waals surface area contributed by atoms with Crippen LogP contribution in [0.4, 0.5) is 13.2 Å². The molecule has 0 fully saturated rings. The average molecular weight is 308 g/mol. The van der Waals surface area contributed by atoms with Gasteiger partial charge in [0.1, 0.15) is 5.75 Å². The van der Waals surface area contributed by atoms with Gasteiger partial charge in [0.05, 0.1) is 23.1 Å². The SMILES string of the molecule is COC(=O)c1cc2c(cc1C(F)(F)F)C(=O)CS2(=O)=O. The summed E-state index contributed by atoms with van der Waals surface area (Å²) < 4.78 is 66.1. The van der Waals surface area contributed by atoms with Crippen LogP contribution in [0.1, 0.15) is 26.3 Å². The monoisotopic (exact) mass is 308 g/mol. The first kappa shape index (κ1) is 14.5. The third-order valence-corrected chi connectivity index (χ3v) is 4.44. The zero-order valence-electron chi connectivity index (χ0n) is 9.95. The molecule has 0 radical (unpaired) electrons. The van der Waals surface area contributed by atoms with E-state index in [2.05, 4.69) is 4.74 Å². The number of Topliss-reactive ketones (excluding diaryl/α,β-unsaturated/α-hetero) is 1. The molecule has 20 heavy (non-hydrogen) atoms. The molecule has 0 atom stereocenters. The average Bonchev–Trinajstić information content (AvgIpc) is 2.56. The zero-order valence-corrected chi connectivity index (χ0v) is 10.8. The van der Waals surface area contributed by atoms with Gasteiger partial charge in [0, 0.05) is 5.56 Å². The molecule has 0 N–H and O–H groups in total. The van der Waals surface area contributed by atoms with Gasteiger partial charge in [0.15, 0.2) is 15.6 Å². The first-order chi connectivity index (χ1) is 9.08. The van der Waals surface area contributed by atoms with Crippen molar-refractivity contribution in [3.05, 3.63) is 28.8 Å². The maximum Gasteiger partial charge on any atom is 0.417 e. The van der Waals surface area contributed by atoms with Crippen LogP contribution in [-0.4, -0.2) is 33.0 Å². The highest BCUT2D eigenvalue weighted by Crippen LogP contribution is 2.37. The molecule has 0 bridgehead atoms. The number of alkyl halides is 3. The second-order valence-electron chi connectivity index (χ2n) is 4.07. The molecule has 1 aromatic carbocycles. The quantitative estimate of drug-likeness (QED) is 0.734. The van der Waals surface area contributed by atoms with Crippen LogP contribution in [0, 0.1) is 0 Å². The minimum Gasteiger partial charge on any atom is -0.465 e. The molecular formula is C11H7F3O5S. The maximum atomic E-state index is 12.9. The van der Waals surface area contributed by atoms with Crippen molar-refractivity contribution in [2.75, 3.05) is 12.9 Å². The van der Waals surface area contributed by atoms with Gasteiger partial charge < -0.3 is 4.74 Å². The number of hydrogen-bond acceptors (Lipinski definition) is 5. The third kappa shape index (κ3) is 2.17. The summed E-state index contributed by atoms with van der Waals surface area (Å²) in [6, 6.07) is 0.929. The molecule has 1 aliphatic heterocycles. The Labute approximate surface area is 111 Å². The molecule has 0 saturated heterocycles. The van der Waals surface area contributed by atoms with E-state index >= 15 is 0 Å². The number of rotatable bonds is 1. The van der Waals surface area contributed by atoms with Crippen molar-refractivity contribution in [1.82, 2.24) is 0 Å². The molecule has 9 heteroatoms. The first-order valence-electron chi connectivity index (χ1n) is 5.17. The topological polar surface area (TPSA) is 77.5 Å². The van der Waals surface area contributed by atoms with E-state index in [0.717, 1.165) is 7.11 Å². The molecule has 1 heterocycles. The van der Waals surface area contributed by atoms with E-state index in [0.29, 0.717) is 12.1 Å². The number of halogens is 3. The minimum absolute atomic E-state index is 0.383. The van der Waals surface area contributed by atoms with Crippen molar-refractivity contribution in [3.63, 3.8) is 0 Å². The predicted octanol–water partition coefficient (Wildman–Crippen LogP) is 1.46. The highest BCUT2D eigenvalue weighted by atomic mass is 32.2. The van der Waals surface area contributed by atoms with Crippen molar-refractivity contribution in [1.29, 1.82) is 0 Å². The highest BCUT2D eigenvalue weighted by molar-refractivity contribution is 7.92. The molecule has 5 nitrogen and oxygen atoms in total. The normalized spacial score (nSPS) is 16.9. The lowest BCUT2D eigenvalue weighted by molar-refractivity contribution is -0.138. The molecule has 0 aliphatic carbocycles. The summed E-state index contributed by atoms with van der Waals surface area (Å²) in [6.07, 6.45) is -4.91. The van der Waals surface area contributed by atoms with E-state index in [1.54, 1.807) is 0 Å². The number of sulfone groups is 1. The Hall–Kier alpha value is -1.90. The number of ketones is 1. The number of fused-ring (bicyclic) bond motifs is 1. The summed E-state index contributed by atoms with van der Waals surface area (Å²) in [4.78, 5) is 22.2. The Morgan fingerprint density at radius 1 is 1.30 bits per heavy atom. The van der Waals surface area contributed by atoms with Gasteiger partial charge in [-0.1, -0.05) is 0 Å². The fraction of sp³-hybridized carbons (Fsp3) is 0.273. The standard InChI is InChI=1S/C11H7F3O5S/c1-19-10(16)5-3-9-6(2-7(5)11(12,13)14)8(15)4-20(9,17)18/h2-3H,4H2,1H3. The van der Waals surface area contributed by atoms with Gasteiger partial charge in [-0.15, -0.1) is 0 Å². The van der Waals surface area contributed by atoms with Crippen molar-refractivity contribution in [2.24, 2.45) is 0 Å². The molecule has 1 aromatic rings. The van der Waals surface area contributed by atoms with E-state index in [9.17, 15) is 31.2 Å². The molecule has 108 valence electrons. The lowest BCUT2D eigenvalue weighted by Gasteiger charge is -2.12. The molecule has 0 amide bonds. The van der Waals surface area contributed by atoms with E-state index in [1.165, 1.54) is 0 Å². The number of hydrogen-bond donors (Lipinski definition) is 0. The smallest absolute Gasteiger partial charge is 0.417 e. The van der Waals surface area contributed by atoms with Crippen LogP contribution in [0.2, 0.25) is 0 Å². The van der Waals surface area contributed by atoms with Gasteiger partial charge >= 0.3 is 12.1 Å². The van der Waals surface area contributed by atoms with Crippen LogP contribution < -0.4 is 0 Å². The van der Waals surface area contributed by atoms with Crippen LogP contribution in [0.3, 0.4) is 0 Å². The Kier molecular flexibility index (Phi) is 3.12. The summed E-state index contributed by atoms with van der Waals surface area (Å²) in [5, 5.41) is 0. The number of esters is 1. The summed E-state index contributed by atoms with van der Waals surface area (Å²) in [5.41, 5.74) is -2.88. The van der Waals surface area contributed by atoms with E-state index < -0.39 is 55.1 Å². The highest BCUT2D eigenvalue weighted by Gasteiger charge is 2.41. The van der Waals surface area contributed by atoms with Gasteiger partial charge in [-0.3, -0.25) is 4.79 Å². The molecular weight excluding hydrogens is 301 g/mol. The first-order valence-corrected chi connectivity index (χ1v) is 6.82. The van der Waals surface area contributed by atoms with Crippen LogP contribution in [0.5, 0.6) is 0 Å². The molecule has 0 aromatic heterocycles. The van der Waals surface area contributed by atoms with Crippen molar-refractivity contribution < 1.29 is 35.9 Å². The van der Waals surface area contributed by atoms with Crippen LogP contribution >= 0.6 is 0 Å². The lowest BCUT2D eigenvalue weighted by Crippen LogP contribution is -2.16. The number of carbonyl (C=O) groups excluding carboxylic acids is 2. The summed E-state index contributed by atoms with van der Waals surface area (Å²) in [7, 11) is -3.14. The zero-order chi connectivity index (χ0) is 15.3. The molecule has 1 aliphatic rings. The second kappa shape index (κ2) is 4.30. The van der Waals surface area contributed by atoms with Gasteiger partial charge in [-0.2, -0.15) is 13.2 Å². The van der Waals surface area contributed by atoms with E-state index in [1.807, 2.05) is 0 Å². The Bertz CT molecular complexity index is 718. The van der Waals surface area contributed by atoms with E-state index in [4.69, 9.17) is 0 Å². The van der Waals surface area contributed by atoms with Crippen molar-refractivity contribution in [2.45, 2.75) is 11.1 Å². The van der Waals surface area contributed by atoms with Gasteiger partial charge in [-0.25, -0.2) is 13.2 Å². The van der Waals surface area contributed by atoms with Crippen LogP contribution in [-0.2, 0) is 20.8 Å². The van der Waals surface area contributed by atoms with Crippen LogP contribution in [0.15, 0.2) is 17.0 Å².